The third-order valence-electron chi connectivity index (χ3n) is 4.27. The van der Waals surface area contributed by atoms with Gasteiger partial charge in [0, 0.05) is 18.8 Å². The maximum absolute atomic E-state index is 12.1. The van der Waals surface area contributed by atoms with Crippen molar-refractivity contribution in [1.29, 1.82) is 0 Å². The molecule has 12 heteroatoms. The summed E-state index contributed by atoms with van der Waals surface area (Å²) in [5, 5.41) is 5.21. The van der Waals surface area contributed by atoms with Gasteiger partial charge in [-0.15, -0.1) is 5.48 Å². The predicted octanol–water partition coefficient (Wildman–Crippen LogP) is 3.19. The molecule has 0 bridgehead atoms. The summed E-state index contributed by atoms with van der Waals surface area (Å²) in [4.78, 5) is 31.9. The Balaban J connectivity index is 1.55. The maximum atomic E-state index is 12.1. The molecule has 1 atom stereocenters. The predicted molar refractivity (Wildman–Crippen MR) is 109 cm³/mol. The molecule has 0 spiro atoms. The fraction of sp³-hybridized carbons (Fsp3) is 0.167. The van der Waals surface area contributed by atoms with Crippen LogP contribution in [0.25, 0.3) is 11.0 Å². The maximum Gasteiger partial charge on any atom is 0.427 e. The minimum absolute atomic E-state index is 0.181. The molecule has 1 fully saturated rings. The summed E-state index contributed by atoms with van der Waals surface area (Å²) in [5.41, 5.74) is 4.11. The number of aryl methyl sites for hydroxylation is 1. The summed E-state index contributed by atoms with van der Waals surface area (Å²) in [6.07, 6.45) is -1.79. The first-order chi connectivity index (χ1) is 14.4. The van der Waals surface area contributed by atoms with Gasteiger partial charge < -0.3 is 19.6 Å². The summed E-state index contributed by atoms with van der Waals surface area (Å²) in [7, 11) is 3.37. The highest BCUT2D eigenvalue weighted by Gasteiger charge is 2.29. The summed E-state index contributed by atoms with van der Waals surface area (Å²) >= 11 is 12.6. The SMILES string of the molecule is COc1nc2ccc(Oc3c(Cl)cc(NC(=O)C4NOC(=O)N4)cc3Cl)cc2n1C. The number of anilines is 1. The Morgan fingerprint density at radius 2 is 2.00 bits per heavy atom. The largest absolute Gasteiger partial charge is 0.468 e. The van der Waals surface area contributed by atoms with Crippen molar-refractivity contribution < 1.29 is 23.9 Å². The number of hydrogen-bond donors (Lipinski definition) is 3. The Kier molecular flexibility index (Phi) is 5.29. The number of carbonyl (C=O) groups excluding carboxylic acids is 2. The van der Waals surface area contributed by atoms with Crippen LogP contribution in [0.3, 0.4) is 0 Å². The van der Waals surface area contributed by atoms with Crippen molar-refractivity contribution >= 4 is 51.9 Å². The van der Waals surface area contributed by atoms with Crippen LogP contribution in [-0.4, -0.2) is 34.8 Å². The molecule has 2 heterocycles. The first kappa shape index (κ1) is 20.1. The fourth-order valence-corrected chi connectivity index (χ4v) is 3.43. The molecule has 3 N–H and O–H groups in total. The molecule has 0 radical (unpaired) electrons. The highest BCUT2D eigenvalue weighted by atomic mass is 35.5. The average Bonchev–Trinajstić information content (AvgIpc) is 3.28. The van der Waals surface area contributed by atoms with Crippen molar-refractivity contribution in [3.05, 3.63) is 40.4 Å². The number of carbonyl (C=O) groups is 2. The van der Waals surface area contributed by atoms with E-state index in [0.717, 1.165) is 11.0 Å². The van der Waals surface area contributed by atoms with Crippen LogP contribution >= 0.6 is 23.2 Å². The molecule has 10 nitrogen and oxygen atoms in total. The molecule has 2 aromatic carbocycles. The average molecular weight is 452 g/mol. The number of hydroxylamine groups is 1. The van der Waals surface area contributed by atoms with Gasteiger partial charge >= 0.3 is 6.09 Å². The van der Waals surface area contributed by atoms with Crippen molar-refractivity contribution in [1.82, 2.24) is 20.3 Å². The number of hydrogen-bond acceptors (Lipinski definition) is 7. The monoisotopic (exact) mass is 451 g/mol. The third-order valence-corrected chi connectivity index (χ3v) is 4.83. The smallest absolute Gasteiger partial charge is 0.427 e. The molecule has 156 valence electrons. The van der Waals surface area contributed by atoms with Gasteiger partial charge in [-0.25, -0.2) is 4.79 Å². The van der Waals surface area contributed by atoms with Gasteiger partial charge in [0.15, 0.2) is 11.9 Å². The van der Waals surface area contributed by atoms with Gasteiger partial charge in [-0.3, -0.25) is 14.7 Å². The van der Waals surface area contributed by atoms with E-state index in [4.69, 9.17) is 32.7 Å². The van der Waals surface area contributed by atoms with E-state index in [2.05, 4.69) is 25.9 Å². The fourth-order valence-electron chi connectivity index (χ4n) is 2.86. The Morgan fingerprint density at radius 3 is 2.63 bits per heavy atom. The summed E-state index contributed by atoms with van der Waals surface area (Å²) in [6, 6.07) is 8.71. The van der Waals surface area contributed by atoms with Crippen molar-refractivity contribution in [2.45, 2.75) is 6.17 Å². The highest BCUT2D eigenvalue weighted by Crippen LogP contribution is 2.39. The van der Waals surface area contributed by atoms with Crippen LogP contribution in [0, 0.1) is 0 Å². The quantitative estimate of drug-likeness (QED) is 0.545. The Hall–Kier alpha value is -3.21. The summed E-state index contributed by atoms with van der Waals surface area (Å²) in [6.45, 7) is 0. The first-order valence-electron chi connectivity index (χ1n) is 8.57. The molecule has 0 saturated carbocycles. The van der Waals surface area contributed by atoms with Crippen LogP contribution in [-0.2, 0) is 16.7 Å². The minimum Gasteiger partial charge on any atom is -0.468 e. The van der Waals surface area contributed by atoms with E-state index in [0.29, 0.717) is 17.4 Å². The second-order valence-electron chi connectivity index (χ2n) is 6.25. The Bertz CT molecular complexity index is 1140. The molecule has 1 aliphatic heterocycles. The molecule has 1 aliphatic rings. The zero-order valence-electron chi connectivity index (χ0n) is 15.7. The number of nitrogens with zero attached hydrogens (tertiary/aromatic N) is 2. The van der Waals surface area contributed by atoms with Crippen LogP contribution in [0.15, 0.2) is 30.3 Å². The van der Waals surface area contributed by atoms with E-state index in [9.17, 15) is 9.59 Å². The number of halogens is 2. The van der Waals surface area contributed by atoms with Gasteiger partial charge in [-0.05, 0) is 24.3 Å². The van der Waals surface area contributed by atoms with Crippen molar-refractivity contribution in [2.75, 3.05) is 12.4 Å². The number of aromatic nitrogens is 2. The van der Waals surface area contributed by atoms with E-state index in [1.54, 1.807) is 29.9 Å². The number of imidazole rings is 1. The standard InChI is InChI=1S/C18H15Cl2N5O5/c1-25-13-7-9(3-4-12(13)22-17(25)28-2)29-14-10(19)5-8(6-11(14)20)21-16(26)15-23-18(27)30-24-15/h3-7,15,24H,1-2H3,(H,21,26)(H,23,27). The lowest BCUT2D eigenvalue weighted by Crippen LogP contribution is -2.43. The van der Waals surface area contributed by atoms with Gasteiger partial charge in [0.25, 0.3) is 11.9 Å². The zero-order valence-corrected chi connectivity index (χ0v) is 17.2. The highest BCUT2D eigenvalue weighted by molar-refractivity contribution is 6.37. The van der Waals surface area contributed by atoms with Crippen molar-refractivity contribution in [3.8, 4) is 17.5 Å². The van der Waals surface area contributed by atoms with E-state index >= 15 is 0 Å². The van der Waals surface area contributed by atoms with Crippen molar-refractivity contribution in [3.63, 3.8) is 0 Å². The van der Waals surface area contributed by atoms with Gasteiger partial charge in [0.1, 0.15) is 5.75 Å². The van der Waals surface area contributed by atoms with E-state index in [-0.39, 0.29) is 15.8 Å². The normalized spacial score (nSPS) is 15.6. The van der Waals surface area contributed by atoms with Crippen LogP contribution in [0.5, 0.6) is 17.5 Å². The molecular weight excluding hydrogens is 437 g/mol. The number of benzene rings is 2. The van der Waals surface area contributed by atoms with Crippen molar-refractivity contribution in [2.24, 2.45) is 7.05 Å². The molecule has 2 amide bonds. The van der Waals surface area contributed by atoms with E-state index in [1.165, 1.54) is 12.1 Å². The molecular formula is C18H15Cl2N5O5. The number of methoxy groups -OCH3 is 1. The van der Waals surface area contributed by atoms with Crippen LogP contribution in [0.1, 0.15) is 0 Å². The van der Waals surface area contributed by atoms with Gasteiger partial charge in [-0.2, -0.15) is 4.98 Å². The van der Waals surface area contributed by atoms with Crippen LogP contribution in [0.2, 0.25) is 10.0 Å². The third kappa shape index (κ3) is 3.80. The molecule has 1 unspecified atom stereocenters. The Labute approximate surface area is 180 Å². The molecule has 3 aromatic rings. The zero-order chi connectivity index (χ0) is 21.4. The number of amides is 2. The number of rotatable bonds is 5. The van der Waals surface area contributed by atoms with Gasteiger partial charge in [0.05, 0.1) is 28.2 Å². The van der Waals surface area contributed by atoms with Crippen LogP contribution in [0.4, 0.5) is 10.5 Å². The molecule has 30 heavy (non-hydrogen) atoms. The van der Waals surface area contributed by atoms with Gasteiger partial charge in [-0.1, -0.05) is 23.2 Å². The molecule has 1 saturated heterocycles. The number of fused-ring (bicyclic) bond motifs is 1. The lowest BCUT2D eigenvalue weighted by molar-refractivity contribution is -0.119. The molecule has 0 aliphatic carbocycles. The Morgan fingerprint density at radius 1 is 1.27 bits per heavy atom. The second-order valence-corrected chi connectivity index (χ2v) is 7.07. The van der Waals surface area contributed by atoms with E-state index < -0.39 is 18.2 Å². The number of ether oxygens (including phenoxy) is 2. The van der Waals surface area contributed by atoms with Gasteiger partial charge in [0.2, 0.25) is 0 Å². The second kappa shape index (κ2) is 7.90. The molecule has 1 aromatic heterocycles. The number of nitrogens with one attached hydrogen (secondary N) is 3. The topological polar surface area (TPSA) is 116 Å². The molecule has 4 rings (SSSR count). The lowest BCUT2D eigenvalue weighted by Gasteiger charge is -2.13. The van der Waals surface area contributed by atoms with Crippen LogP contribution < -0.4 is 25.6 Å². The minimum atomic E-state index is -1.03. The summed E-state index contributed by atoms with van der Waals surface area (Å²) in [5.74, 6) is 0.154. The lowest BCUT2D eigenvalue weighted by atomic mass is 10.2. The first-order valence-corrected chi connectivity index (χ1v) is 9.32. The summed E-state index contributed by atoms with van der Waals surface area (Å²) < 4.78 is 12.9. The van der Waals surface area contributed by atoms with E-state index in [1.807, 2.05) is 7.05 Å².